The molecule has 0 aliphatic heterocycles. The fraction of sp³-hybridized carbons (Fsp3) is 0. The maximum Gasteiger partial charge on any atom is 0 e. The monoisotopic (exact) mass is 652 g/mol. The molecule has 0 unspecified atom stereocenters. The fourth-order valence-corrected chi connectivity index (χ4v) is 8.97. The summed E-state index contributed by atoms with van der Waals surface area (Å²) in [6, 6.07) is 64.7. The van der Waals surface area contributed by atoms with Gasteiger partial charge in [-0.2, -0.15) is 0 Å². The van der Waals surface area contributed by atoms with Crippen molar-refractivity contribution in [3.8, 4) is 0 Å². The summed E-state index contributed by atoms with van der Waals surface area (Å²) in [6.45, 7) is 0. The minimum absolute atomic E-state index is 0. The molecule has 0 N–H and O–H groups in total. The molecule has 5 heteroatoms. The smallest absolute Gasteiger partial charge is 0 e. The molecule has 0 spiro atoms. The molecule has 6 rings (SSSR count). The number of halogens is 2. The third kappa shape index (κ3) is 9.65. The molecule has 0 aromatic heterocycles. The minimum Gasteiger partial charge on any atom is -1.00 e. The Morgan fingerprint density at radius 1 is 0.220 bits per heavy atom. The zero-order chi connectivity index (χ0) is 25.8. The van der Waals surface area contributed by atoms with Crippen LogP contribution in [0.3, 0.4) is 0 Å². The van der Waals surface area contributed by atoms with Crippen LogP contribution in [0.4, 0.5) is 0 Å². The van der Waals surface area contributed by atoms with Gasteiger partial charge in [0.25, 0.3) is 0 Å². The molecule has 0 saturated heterocycles. The molecule has 6 aromatic rings. The second kappa shape index (κ2) is 18.6. The predicted octanol–water partition coefficient (Wildman–Crippen LogP) is 0.895. The number of benzene rings is 6. The Morgan fingerprint density at radius 2 is 0.341 bits per heavy atom. The van der Waals surface area contributed by atoms with Gasteiger partial charge in [-0.25, -0.2) is 0 Å². The van der Waals surface area contributed by atoms with Crippen LogP contribution in [0, 0.1) is 0 Å². The first kappa shape index (κ1) is 34.5. The van der Waals surface area contributed by atoms with Crippen molar-refractivity contribution >= 4 is 47.7 Å². The molecule has 0 amide bonds. The molecule has 210 valence electrons. The second-order valence-corrected chi connectivity index (χ2v) is 13.1. The Hall–Kier alpha value is -2.75. The standard InChI is InChI=1S/2C18H15P.2ClH.Ni/c2*1-4-10-16(11-5-1)19(17-12-6-2-7-13-17)18-14-8-3-9-15-18;;;/h2*1-15H;2*1H;/p-2. The van der Waals surface area contributed by atoms with E-state index in [1.165, 1.54) is 31.8 Å². The van der Waals surface area contributed by atoms with E-state index in [2.05, 4.69) is 182 Å². The van der Waals surface area contributed by atoms with E-state index >= 15 is 0 Å². The van der Waals surface area contributed by atoms with Crippen LogP contribution in [0.1, 0.15) is 0 Å². The average molecular weight is 654 g/mol. The van der Waals surface area contributed by atoms with Crippen molar-refractivity contribution in [2.45, 2.75) is 0 Å². The molecule has 0 heterocycles. The normalized spacial score (nSPS) is 9.80. The average Bonchev–Trinajstić information content (AvgIpc) is 3.01. The zero-order valence-electron chi connectivity index (χ0n) is 22.3. The molecule has 41 heavy (non-hydrogen) atoms. The summed E-state index contributed by atoms with van der Waals surface area (Å²) in [4.78, 5) is 0. The Kier molecular flexibility index (Phi) is 15.7. The van der Waals surface area contributed by atoms with Crippen LogP contribution < -0.4 is 56.6 Å². The van der Waals surface area contributed by atoms with E-state index in [-0.39, 0.29) is 41.3 Å². The molecular formula is C36H30Cl2NiP2-2. The van der Waals surface area contributed by atoms with Crippen molar-refractivity contribution in [3.05, 3.63) is 182 Å². The maximum atomic E-state index is 2.23. The van der Waals surface area contributed by atoms with Crippen molar-refractivity contribution in [1.82, 2.24) is 0 Å². The van der Waals surface area contributed by atoms with E-state index in [0.717, 1.165) is 0 Å². The van der Waals surface area contributed by atoms with Gasteiger partial charge in [-0.15, -0.1) is 0 Å². The van der Waals surface area contributed by atoms with Crippen molar-refractivity contribution in [2.75, 3.05) is 0 Å². The van der Waals surface area contributed by atoms with Gasteiger partial charge in [0.05, 0.1) is 0 Å². The zero-order valence-corrected chi connectivity index (χ0v) is 26.6. The molecule has 0 saturated carbocycles. The first-order valence-corrected chi connectivity index (χ1v) is 15.5. The quantitative estimate of drug-likeness (QED) is 0.185. The Morgan fingerprint density at radius 3 is 0.463 bits per heavy atom. The van der Waals surface area contributed by atoms with E-state index in [9.17, 15) is 0 Å². The van der Waals surface area contributed by atoms with E-state index in [1.54, 1.807) is 0 Å². The van der Waals surface area contributed by atoms with Gasteiger partial charge in [-0.1, -0.05) is 182 Å². The Balaban J connectivity index is 0.000000267. The van der Waals surface area contributed by atoms with Crippen molar-refractivity contribution in [3.63, 3.8) is 0 Å². The van der Waals surface area contributed by atoms with Gasteiger partial charge < -0.3 is 24.8 Å². The first-order valence-electron chi connectivity index (χ1n) is 12.8. The summed E-state index contributed by atoms with van der Waals surface area (Å²) in [5, 5.41) is 8.39. The topological polar surface area (TPSA) is 0 Å². The van der Waals surface area contributed by atoms with E-state index < -0.39 is 15.8 Å². The van der Waals surface area contributed by atoms with Gasteiger partial charge in [0, 0.05) is 16.5 Å². The second-order valence-electron chi connectivity index (χ2n) is 8.68. The predicted molar refractivity (Wildman–Crippen MR) is 170 cm³/mol. The van der Waals surface area contributed by atoms with Gasteiger partial charge in [0.2, 0.25) is 0 Å². The van der Waals surface area contributed by atoms with Crippen molar-refractivity contribution in [2.24, 2.45) is 0 Å². The van der Waals surface area contributed by atoms with Gasteiger partial charge in [-0.3, -0.25) is 0 Å². The van der Waals surface area contributed by atoms with Gasteiger partial charge in [-0.05, 0) is 47.7 Å². The number of rotatable bonds is 6. The summed E-state index contributed by atoms with van der Waals surface area (Å²) in [5.41, 5.74) is 0. The van der Waals surface area contributed by atoms with Crippen LogP contribution in [0.15, 0.2) is 182 Å². The van der Waals surface area contributed by atoms with Crippen LogP contribution in [0.2, 0.25) is 0 Å². The Labute approximate surface area is 269 Å². The summed E-state index contributed by atoms with van der Waals surface area (Å²) in [5.74, 6) is 0. The molecule has 0 aliphatic rings. The molecule has 0 nitrogen and oxygen atoms in total. The maximum absolute atomic E-state index is 2.23. The summed E-state index contributed by atoms with van der Waals surface area (Å²) >= 11 is 0. The molecule has 0 aliphatic carbocycles. The van der Waals surface area contributed by atoms with E-state index in [1.807, 2.05) is 0 Å². The SMILES string of the molecule is [Cl-].[Cl-].[Ni].c1ccc(P(c2ccccc2)c2ccccc2)cc1.c1ccc(P(c2ccccc2)c2ccccc2)cc1. The molecule has 0 fully saturated rings. The molecule has 6 aromatic carbocycles. The van der Waals surface area contributed by atoms with E-state index in [0.29, 0.717) is 0 Å². The third-order valence-electron chi connectivity index (χ3n) is 6.09. The molecule has 0 bridgehead atoms. The van der Waals surface area contributed by atoms with Crippen molar-refractivity contribution < 1.29 is 41.3 Å². The van der Waals surface area contributed by atoms with Crippen LogP contribution in [-0.2, 0) is 16.5 Å². The minimum atomic E-state index is -0.446. The molecule has 0 radical (unpaired) electrons. The molecular weight excluding hydrogens is 624 g/mol. The summed E-state index contributed by atoms with van der Waals surface area (Å²) < 4.78 is 0. The van der Waals surface area contributed by atoms with Crippen LogP contribution >= 0.6 is 15.8 Å². The van der Waals surface area contributed by atoms with Crippen LogP contribution in [-0.4, -0.2) is 0 Å². The van der Waals surface area contributed by atoms with Crippen LogP contribution in [0.5, 0.6) is 0 Å². The fourth-order valence-electron chi connectivity index (χ4n) is 4.36. The summed E-state index contributed by atoms with van der Waals surface area (Å²) in [6.07, 6.45) is 0. The van der Waals surface area contributed by atoms with Crippen LogP contribution in [0.25, 0.3) is 0 Å². The number of hydrogen-bond donors (Lipinski definition) is 0. The van der Waals surface area contributed by atoms with Gasteiger partial charge in [0.15, 0.2) is 0 Å². The van der Waals surface area contributed by atoms with Gasteiger partial charge >= 0.3 is 0 Å². The Bertz CT molecular complexity index is 1180. The third-order valence-corrected chi connectivity index (χ3v) is 11.0. The molecule has 0 atom stereocenters. The first-order chi connectivity index (χ1) is 18.9. The van der Waals surface area contributed by atoms with E-state index in [4.69, 9.17) is 0 Å². The number of hydrogen-bond acceptors (Lipinski definition) is 0. The summed E-state index contributed by atoms with van der Waals surface area (Å²) in [7, 11) is -0.892. The van der Waals surface area contributed by atoms with Gasteiger partial charge in [0.1, 0.15) is 0 Å². The van der Waals surface area contributed by atoms with Crippen molar-refractivity contribution in [1.29, 1.82) is 0 Å². The largest absolute Gasteiger partial charge is 1.00 e.